The van der Waals surface area contributed by atoms with Crippen LogP contribution in [0.5, 0.6) is 0 Å². The molecule has 0 radical (unpaired) electrons. The van der Waals surface area contributed by atoms with Crippen LogP contribution in [0.15, 0.2) is 0 Å². The molecule has 5 N–H and O–H groups in total. The van der Waals surface area contributed by atoms with E-state index in [4.69, 9.17) is 15.2 Å². The molecule has 0 aromatic heterocycles. The van der Waals surface area contributed by atoms with E-state index in [1.165, 1.54) is 6.92 Å². The monoisotopic (exact) mass is 428 g/mol. The molecular weight excluding hydrogens is 392 g/mol. The first kappa shape index (κ1) is 25.8. The van der Waals surface area contributed by atoms with E-state index in [0.29, 0.717) is 45.6 Å². The summed E-state index contributed by atoms with van der Waals surface area (Å²) in [6, 6.07) is -0.766. The minimum atomic E-state index is -0.766. The number of nitrogens with one attached hydrogen (secondary N) is 3. The van der Waals surface area contributed by atoms with Crippen molar-refractivity contribution in [3.8, 4) is 0 Å². The van der Waals surface area contributed by atoms with E-state index >= 15 is 0 Å². The second-order valence-electron chi connectivity index (χ2n) is 7.44. The molecule has 1 fully saturated rings. The van der Waals surface area contributed by atoms with Crippen molar-refractivity contribution in [2.24, 2.45) is 11.7 Å². The van der Waals surface area contributed by atoms with Crippen LogP contribution in [0.25, 0.3) is 0 Å². The Morgan fingerprint density at radius 3 is 2.33 bits per heavy atom. The van der Waals surface area contributed by atoms with Crippen molar-refractivity contribution >= 4 is 23.6 Å². The lowest BCUT2D eigenvalue weighted by Gasteiger charge is -2.15. The summed E-state index contributed by atoms with van der Waals surface area (Å²) in [6.45, 7) is 3.12. The normalized spacial score (nSPS) is 14.8. The second-order valence-corrected chi connectivity index (χ2v) is 7.44. The number of primary amides is 1. The molecule has 10 heteroatoms. The van der Waals surface area contributed by atoms with Gasteiger partial charge in [-0.25, -0.2) is 0 Å². The Morgan fingerprint density at radius 1 is 0.967 bits per heavy atom. The van der Waals surface area contributed by atoms with Gasteiger partial charge in [-0.15, -0.1) is 0 Å². The fraction of sp³-hybridized carbons (Fsp3) is 0.800. The van der Waals surface area contributed by atoms with Gasteiger partial charge in [0.05, 0.1) is 19.8 Å². The maximum Gasteiger partial charge on any atom is 0.246 e. The van der Waals surface area contributed by atoms with Gasteiger partial charge in [-0.3, -0.25) is 19.2 Å². The SMILES string of the molecule is CC(=O)NCCCCC(NC(=O)COCCOCCNC(=O)C1CCCC1)C(N)=O. The fourth-order valence-corrected chi connectivity index (χ4v) is 3.22. The molecule has 1 saturated carbocycles. The molecule has 1 unspecified atom stereocenters. The molecule has 0 aromatic rings. The first-order chi connectivity index (χ1) is 14.4. The molecule has 1 aliphatic carbocycles. The standard InChI is InChI=1S/C20H36N4O6/c1-15(25)22-9-5-4-8-17(19(21)27)24-18(26)14-30-13-12-29-11-10-23-20(28)16-6-2-3-7-16/h16-17H,2-14H2,1H3,(H2,21,27)(H,22,25)(H,23,28)(H,24,26). The summed E-state index contributed by atoms with van der Waals surface area (Å²) < 4.78 is 10.6. The summed E-state index contributed by atoms with van der Waals surface area (Å²) in [4.78, 5) is 46.0. The van der Waals surface area contributed by atoms with E-state index in [1.807, 2.05) is 0 Å². The molecule has 30 heavy (non-hydrogen) atoms. The Morgan fingerprint density at radius 2 is 1.67 bits per heavy atom. The quantitative estimate of drug-likeness (QED) is 0.246. The topological polar surface area (TPSA) is 149 Å². The molecule has 1 atom stereocenters. The van der Waals surface area contributed by atoms with Gasteiger partial charge in [-0.1, -0.05) is 12.8 Å². The van der Waals surface area contributed by atoms with Crippen LogP contribution >= 0.6 is 0 Å². The van der Waals surface area contributed by atoms with Crippen LogP contribution in [0.2, 0.25) is 0 Å². The van der Waals surface area contributed by atoms with Crippen molar-refractivity contribution in [3.05, 3.63) is 0 Å². The van der Waals surface area contributed by atoms with Crippen LogP contribution in [0.1, 0.15) is 51.9 Å². The molecule has 0 aromatic carbocycles. The van der Waals surface area contributed by atoms with Gasteiger partial charge in [0.15, 0.2) is 0 Å². The molecule has 172 valence electrons. The van der Waals surface area contributed by atoms with Gasteiger partial charge < -0.3 is 31.2 Å². The molecule has 0 spiro atoms. The predicted octanol–water partition coefficient (Wildman–Crippen LogP) is -0.397. The van der Waals surface area contributed by atoms with E-state index in [9.17, 15) is 19.2 Å². The number of hydrogen-bond donors (Lipinski definition) is 4. The second kappa shape index (κ2) is 15.6. The average Bonchev–Trinajstić information content (AvgIpc) is 3.23. The zero-order valence-corrected chi connectivity index (χ0v) is 17.9. The number of nitrogens with two attached hydrogens (primary N) is 1. The Bertz CT molecular complexity index is 551. The van der Waals surface area contributed by atoms with Crippen molar-refractivity contribution in [2.45, 2.75) is 57.9 Å². The molecule has 0 heterocycles. The van der Waals surface area contributed by atoms with E-state index < -0.39 is 17.9 Å². The van der Waals surface area contributed by atoms with Crippen LogP contribution in [0.3, 0.4) is 0 Å². The van der Waals surface area contributed by atoms with Gasteiger partial charge in [0.25, 0.3) is 0 Å². The predicted molar refractivity (Wildman–Crippen MR) is 110 cm³/mol. The fourth-order valence-electron chi connectivity index (χ4n) is 3.22. The summed E-state index contributed by atoms with van der Waals surface area (Å²) in [5.74, 6) is -0.892. The lowest BCUT2D eigenvalue weighted by atomic mass is 10.1. The third kappa shape index (κ3) is 12.4. The molecule has 10 nitrogen and oxygen atoms in total. The Kier molecular flexibility index (Phi) is 13.4. The van der Waals surface area contributed by atoms with Gasteiger partial charge in [-0.05, 0) is 32.1 Å². The van der Waals surface area contributed by atoms with Crippen molar-refractivity contribution < 1.29 is 28.7 Å². The maximum atomic E-state index is 11.9. The molecule has 0 saturated heterocycles. The summed E-state index contributed by atoms with van der Waals surface area (Å²) in [6.07, 6.45) is 5.91. The highest BCUT2D eigenvalue weighted by molar-refractivity contribution is 5.87. The lowest BCUT2D eigenvalue weighted by molar-refractivity contribution is -0.131. The number of carbonyl (C=O) groups is 4. The van der Waals surface area contributed by atoms with Gasteiger partial charge in [0.2, 0.25) is 23.6 Å². The van der Waals surface area contributed by atoms with E-state index in [1.54, 1.807) is 0 Å². The largest absolute Gasteiger partial charge is 0.377 e. The van der Waals surface area contributed by atoms with Crippen LogP contribution in [-0.2, 0) is 28.7 Å². The highest BCUT2D eigenvalue weighted by atomic mass is 16.5. The van der Waals surface area contributed by atoms with Crippen molar-refractivity contribution in [1.82, 2.24) is 16.0 Å². The van der Waals surface area contributed by atoms with Gasteiger partial charge in [0, 0.05) is 25.9 Å². The van der Waals surface area contributed by atoms with Crippen molar-refractivity contribution in [1.29, 1.82) is 0 Å². The summed E-state index contributed by atoms with van der Waals surface area (Å²) >= 11 is 0. The number of hydrogen-bond acceptors (Lipinski definition) is 6. The minimum Gasteiger partial charge on any atom is -0.377 e. The zero-order chi connectivity index (χ0) is 22.2. The highest BCUT2D eigenvalue weighted by Crippen LogP contribution is 2.24. The van der Waals surface area contributed by atoms with Gasteiger partial charge in [-0.2, -0.15) is 0 Å². The van der Waals surface area contributed by atoms with Crippen LogP contribution in [-0.4, -0.2) is 69.2 Å². The zero-order valence-electron chi connectivity index (χ0n) is 17.9. The van der Waals surface area contributed by atoms with Crippen molar-refractivity contribution in [3.63, 3.8) is 0 Å². The van der Waals surface area contributed by atoms with E-state index in [-0.39, 0.29) is 30.9 Å². The smallest absolute Gasteiger partial charge is 0.246 e. The van der Waals surface area contributed by atoms with E-state index in [0.717, 1.165) is 25.7 Å². The van der Waals surface area contributed by atoms with Crippen LogP contribution < -0.4 is 21.7 Å². The molecule has 1 rings (SSSR count). The molecule has 4 amide bonds. The third-order valence-electron chi connectivity index (χ3n) is 4.85. The lowest BCUT2D eigenvalue weighted by Crippen LogP contribution is -2.45. The number of unbranched alkanes of at least 4 members (excludes halogenated alkanes) is 1. The molecule has 0 aliphatic heterocycles. The molecule has 0 bridgehead atoms. The molecule has 1 aliphatic rings. The number of ether oxygens (including phenoxy) is 2. The Labute approximate surface area is 178 Å². The Hall–Kier alpha value is -2.20. The number of rotatable bonds is 16. The minimum absolute atomic E-state index is 0.100. The third-order valence-corrected chi connectivity index (χ3v) is 4.85. The van der Waals surface area contributed by atoms with E-state index in [2.05, 4.69) is 16.0 Å². The highest BCUT2D eigenvalue weighted by Gasteiger charge is 2.22. The van der Waals surface area contributed by atoms with Gasteiger partial charge >= 0.3 is 0 Å². The number of amides is 4. The van der Waals surface area contributed by atoms with Crippen LogP contribution in [0, 0.1) is 5.92 Å². The molecular formula is C20H36N4O6. The first-order valence-corrected chi connectivity index (χ1v) is 10.7. The van der Waals surface area contributed by atoms with Gasteiger partial charge in [0.1, 0.15) is 12.6 Å². The maximum absolute atomic E-state index is 11.9. The van der Waals surface area contributed by atoms with Crippen molar-refractivity contribution in [2.75, 3.05) is 39.5 Å². The number of carbonyl (C=O) groups excluding carboxylic acids is 4. The van der Waals surface area contributed by atoms with Crippen LogP contribution in [0.4, 0.5) is 0 Å². The Balaban J connectivity index is 2.01. The summed E-state index contributed by atoms with van der Waals surface area (Å²) in [5, 5.41) is 8.08. The summed E-state index contributed by atoms with van der Waals surface area (Å²) in [7, 11) is 0. The first-order valence-electron chi connectivity index (χ1n) is 10.7. The summed E-state index contributed by atoms with van der Waals surface area (Å²) in [5.41, 5.74) is 5.32. The average molecular weight is 429 g/mol.